The molecule has 3 heteroatoms. The first kappa shape index (κ1) is 14.1. The van der Waals surface area contributed by atoms with Crippen LogP contribution < -0.4 is 0 Å². The van der Waals surface area contributed by atoms with E-state index in [1.807, 2.05) is 0 Å². The molecule has 0 aliphatic carbocycles. The van der Waals surface area contributed by atoms with Crippen LogP contribution in [0.25, 0.3) is 0 Å². The van der Waals surface area contributed by atoms with E-state index in [0.29, 0.717) is 0 Å². The quantitative estimate of drug-likeness (QED) is 0.603. The SMILES string of the molecule is CCN(CC)C[Si](C)(C)N(CC)CC. The van der Waals surface area contributed by atoms with Gasteiger partial charge in [-0.1, -0.05) is 40.8 Å². The van der Waals surface area contributed by atoms with Gasteiger partial charge in [-0.15, -0.1) is 0 Å². The van der Waals surface area contributed by atoms with Crippen molar-refractivity contribution in [2.45, 2.75) is 40.8 Å². The molecule has 0 rings (SSSR count). The molecule has 0 amide bonds. The Balaban J connectivity index is 4.28. The Labute approximate surface area is 91.4 Å². The minimum atomic E-state index is -1.18. The van der Waals surface area contributed by atoms with E-state index >= 15 is 0 Å². The minimum absolute atomic E-state index is 1.18. The summed E-state index contributed by atoms with van der Waals surface area (Å²) in [6, 6.07) is 0. The maximum Gasteiger partial charge on any atom is 0.136 e. The molecule has 0 saturated heterocycles. The number of nitrogens with zero attached hydrogens (tertiary/aromatic N) is 2. The molecule has 0 saturated carbocycles. The summed E-state index contributed by atoms with van der Waals surface area (Å²) in [5.74, 6) is 0. The molecule has 0 aromatic rings. The Bertz CT molecular complexity index is 140. The summed E-state index contributed by atoms with van der Waals surface area (Å²) in [5, 5.41) is 0. The van der Waals surface area contributed by atoms with Crippen molar-refractivity contribution in [1.29, 1.82) is 0 Å². The van der Waals surface area contributed by atoms with Gasteiger partial charge in [0, 0.05) is 6.17 Å². The summed E-state index contributed by atoms with van der Waals surface area (Å²) in [6.45, 7) is 18.8. The predicted octanol–water partition coefficient (Wildman–Crippen LogP) is 2.41. The lowest BCUT2D eigenvalue weighted by Gasteiger charge is -2.38. The largest absolute Gasteiger partial charge is 0.323 e. The summed E-state index contributed by atoms with van der Waals surface area (Å²) < 4.78 is 2.67. The highest BCUT2D eigenvalue weighted by Gasteiger charge is 2.28. The van der Waals surface area contributed by atoms with E-state index in [1.54, 1.807) is 0 Å². The van der Waals surface area contributed by atoms with Gasteiger partial charge in [-0.05, 0) is 26.2 Å². The van der Waals surface area contributed by atoms with Crippen LogP contribution in [0.15, 0.2) is 0 Å². The van der Waals surface area contributed by atoms with Gasteiger partial charge in [0.2, 0.25) is 0 Å². The normalized spacial score (nSPS) is 12.9. The van der Waals surface area contributed by atoms with E-state index in [4.69, 9.17) is 0 Å². The summed E-state index contributed by atoms with van der Waals surface area (Å²) in [6.07, 6.45) is 1.31. The van der Waals surface area contributed by atoms with Crippen molar-refractivity contribution in [3.05, 3.63) is 0 Å². The molecule has 0 bridgehead atoms. The second kappa shape index (κ2) is 6.59. The standard InChI is InChI=1S/C11H28N2Si/c1-7-12(8-2)11-14(5,6)13(9-3)10-4/h7-11H2,1-6H3. The van der Waals surface area contributed by atoms with Crippen LogP contribution in [0, 0.1) is 0 Å². The van der Waals surface area contributed by atoms with E-state index in [1.165, 1.54) is 32.3 Å². The smallest absolute Gasteiger partial charge is 0.136 e. The number of hydrogen-bond acceptors (Lipinski definition) is 2. The molecule has 0 radical (unpaired) electrons. The highest BCUT2D eigenvalue weighted by atomic mass is 28.3. The van der Waals surface area contributed by atoms with Crippen LogP contribution in [0.2, 0.25) is 13.1 Å². The lowest BCUT2D eigenvalue weighted by molar-refractivity contribution is 0.330. The average molecular weight is 216 g/mol. The van der Waals surface area contributed by atoms with Gasteiger partial charge in [0.05, 0.1) is 0 Å². The van der Waals surface area contributed by atoms with Gasteiger partial charge in [-0.25, -0.2) is 0 Å². The molecule has 0 unspecified atom stereocenters. The van der Waals surface area contributed by atoms with Gasteiger partial charge >= 0.3 is 0 Å². The maximum absolute atomic E-state index is 2.67. The minimum Gasteiger partial charge on any atom is -0.323 e. The van der Waals surface area contributed by atoms with E-state index in [0.717, 1.165) is 0 Å². The van der Waals surface area contributed by atoms with Crippen molar-refractivity contribution < 1.29 is 0 Å². The van der Waals surface area contributed by atoms with Crippen molar-refractivity contribution in [2.24, 2.45) is 0 Å². The van der Waals surface area contributed by atoms with Crippen LogP contribution >= 0.6 is 0 Å². The molecule has 0 aromatic heterocycles. The third kappa shape index (κ3) is 4.11. The molecule has 0 aliphatic heterocycles. The summed E-state index contributed by atoms with van der Waals surface area (Å²) in [7, 11) is -1.18. The monoisotopic (exact) mass is 216 g/mol. The van der Waals surface area contributed by atoms with Gasteiger partial charge in [-0.3, -0.25) is 0 Å². The van der Waals surface area contributed by atoms with Crippen molar-refractivity contribution in [3.63, 3.8) is 0 Å². The van der Waals surface area contributed by atoms with Crippen LogP contribution in [-0.2, 0) is 0 Å². The first-order chi connectivity index (χ1) is 6.51. The molecule has 0 aliphatic rings. The zero-order valence-electron chi connectivity index (χ0n) is 10.9. The molecule has 2 nitrogen and oxygen atoms in total. The van der Waals surface area contributed by atoms with Crippen molar-refractivity contribution in [3.8, 4) is 0 Å². The van der Waals surface area contributed by atoms with Crippen molar-refractivity contribution >= 4 is 8.24 Å². The van der Waals surface area contributed by atoms with Crippen LogP contribution in [0.1, 0.15) is 27.7 Å². The fourth-order valence-corrected chi connectivity index (χ4v) is 5.63. The second-order valence-corrected chi connectivity index (χ2v) is 9.02. The first-order valence-corrected chi connectivity index (χ1v) is 9.14. The van der Waals surface area contributed by atoms with Crippen LogP contribution in [-0.4, -0.2) is 50.0 Å². The van der Waals surface area contributed by atoms with Gasteiger partial charge < -0.3 is 9.47 Å². The lowest BCUT2D eigenvalue weighted by Crippen LogP contribution is -2.56. The maximum atomic E-state index is 2.67. The summed E-state index contributed by atoms with van der Waals surface area (Å²) in [5.41, 5.74) is 0. The van der Waals surface area contributed by atoms with Gasteiger partial charge in [-0.2, -0.15) is 0 Å². The molecular formula is C11H28N2Si. The van der Waals surface area contributed by atoms with E-state index in [-0.39, 0.29) is 0 Å². The molecule has 0 heterocycles. The van der Waals surface area contributed by atoms with Gasteiger partial charge in [0.1, 0.15) is 8.24 Å². The zero-order chi connectivity index (χ0) is 11.2. The van der Waals surface area contributed by atoms with Crippen molar-refractivity contribution in [2.75, 3.05) is 32.3 Å². The third-order valence-electron chi connectivity index (χ3n) is 3.12. The van der Waals surface area contributed by atoms with Gasteiger partial charge in [0.15, 0.2) is 0 Å². The van der Waals surface area contributed by atoms with E-state index in [9.17, 15) is 0 Å². The highest BCUT2D eigenvalue weighted by Crippen LogP contribution is 2.11. The molecule has 0 atom stereocenters. The lowest BCUT2D eigenvalue weighted by atomic mass is 10.6. The Morgan fingerprint density at radius 1 is 0.786 bits per heavy atom. The second-order valence-electron chi connectivity index (χ2n) is 4.45. The molecule has 0 aromatic carbocycles. The molecule has 0 spiro atoms. The molecule has 0 N–H and O–H groups in total. The fraction of sp³-hybridized carbons (Fsp3) is 1.00. The first-order valence-electron chi connectivity index (χ1n) is 5.99. The Morgan fingerprint density at radius 2 is 1.21 bits per heavy atom. The molecule has 86 valence electrons. The van der Waals surface area contributed by atoms with E-state index in [2.05, 4.69) is 50.3 Å². The number of hydrogen-bond donors (Lipinski definition) is 0. The fourth-order valence-electron chi connectivity index (χ4n) is 2.17. The molecule has 0 fully saturated rings. The Hall–Kier alpha value is 0.137. The summed E-state index contributed by atoms with van der Waals surface area (Å²) in [4.78, 5) is 2.56. The average Bonchev–Trinajstić information content (AvgIpc) is 2.15. The number of rotatable bonds is 7. The zero-order valence-corrected chi connectivity index (χ0v) is 11.9. The van der Waals surface area contributed by atoms with Crippen LogP contribution in [0.5, 0.6) is 0 Å². The highest BCUT2D eigenvalue weighted by molar-refractivity contribution is 6.74. The molecule has 14 heavy (non-hydrogen) atoms. The summed E-state index contributed by atoms with van der Waals surface area (Å²) >= 11 is 0. The topological polar surface area (TPSA) is 6.48 Å². The van der Waals surface area contributed by atoms with Crippen molar-refractivity contribution in [1.82, 2.24) is 9.47 Å². The van der Waals surface area contributed by atoms with Crippen LogP contribution in [0.3, 0.4) is 0 Å². The van der Waals surface area contributed by atoms with E-state index < -0.39 is 8.24 Å². The van der Waals surface area contributed by atoms with Gasteiger partial charge in [0.25, 0.3) is 0 Å². The Kier molecular flexibility index (Phi) is 6.65. The van der Waals surface area contributed by atoms with Crippen LogP contribution in [0.4, 0.5) is 0 Å². The Morgan fingerprint density at radius 3 is 1.50 bits per heavy atom. The predicted molar refractivity (Wildman–Crippen MR) is 68.2 cm³/mol. The molecular weight excluding hydrogens is 188 g/mol. The third-order valence-corrected chi connectivity index (χ3v) is 6.69.